The van der Waals surface area contributed by atoms with Gasteiger partial charge in [-0.1, -0.05) is 25.0 Å². The molecule has 1 heterocycles. The van der Waals surface area contributed by atoms with E-state index in [1.807, 2.05) is 39.0 Å². The number of aryl methyl sites for hydroxylation is 3. The summed E-state index contributed by atoms with van der Waals surface area (Å²) in [6.45, 7) is 9.50. The van der Waals surface area contributed by atoms with Gasteiger partial charge in [-0.3, -0.25) is 19.2 Å². The Labute approximate surface area is 195 Å². The van der Waals surface area contributed by atoms with Crippen molar-refractivity contribution in [1.29, 1.82) is 0 Å². The van der Waals surface area contributed by atoms with Crippen LogP contribution in [0.1, 0.15) is 66.8 Å². The molecule has 0 radical (unpaired) electrons. The highest BCUT2D eigenvalue weighted by Gasteiger charge is 2.43. The number of hydrogen-bond donors (Lipinski definition) is 1. The lowest BCUT2D eigenvalue weighted by Crippen LogP contribution is -2.61. The number of nitrogens with one attached hydrogen (secondary N) is 1. The molecule has 3 rings (SSSR count). The van der Waals surface area contributed by atoms with Crippen LogP contribution in [0.15, 0.2) is 24.3 Å². The summed E-state index contributed by atoms with van der Waals surface area (Å²) in [6, 6.07) is 7.55. The number of ether oxygens (including phenoxy) is 1. The maximum Gasteiger partial charge on any atom is 0.358 e. The van der Waals surface area contributed by atoms with Crippen molar-refractivity contribution in [1.82, 2.24) is 15.1 Å². The minimum Gasteiger partial charge on any atom is -0.461 e. The Morgan fingerprint density at radius 2 is 1.94 bits per heavy atom. The molecule has 8 heteroatoms. The van der Waals surface area contributed by atoms with Crippen LogP contribution in [0, 0.1) is 20.8 Å². The van der Waals surface area contributed by atoms with Crippen LogP contribution in [0.25, 0.3) is 0 Å². The molecule has 8 nitrogen and oxygen atoms in total. The first-order valence-corrected chi connectivity index (χ1v) is 11.5. The molecule has 1 N–H and O–H groups in total. The van der Waals surface area contributed by atoms with Gasteiger partial charge in [0.25, 0.3) is 0 Å². The summed E-state index contributed by atoms with van der Waals surface area (Å²) >= 11 is 0. The summed E-state index contributed by atoms with van der Waals surface area (Å²) in [4.78, 5) is 39.9. The molecule has 2 aromatic rings. The number of rotatable bonds is 9. The van der Waals surface area contributed by atoms with E-state index < -0.39 is 11.5 Å². The molecule has 1 aromatic heterocycles. The molecule has 0 saturated heterocycles. The lowest BCUT2D eigenvalue weighted by atomic mass is 9.95. The minimum absolute atomic E-state index is 0.0862. The summed E-state index contributed by atoms with van der Waals surface area (Å²) < 4.78 is 6.67. The maximum absolute atomic E-state index is 13.7. The first-order valence-electron chi connectivity index (χ1n) is 11.5. The normalized spacial score (nSPS) is 15.7. The molecule has 1 fully saturated rings. The fourth-order valence-electron chi connectivity index (χ4n) is 4.35. The van der Waals surface area contributed by atoms with Crippen LogP contribution in [0.2, 0.25) is 0 Å². The van der Waals surface area contributed by atoms with E-state index in [4.69, 9.17) is 4.74 Å². The van der Waals surface area contributed by atoms with Gasteiger partial charge >= 0.3 is 5.97 Å². The Morgan fingerprint density at radius 1 is 1.24 bits per heavy atom. The Morgan fingerprint density at radius 3 is 2.58 bits per heavy atom. The van der Waals surface area contributed by atoms with Crippen molar-refractivity contribution in [3.8, 4) is 0 Å². The van der Waals surface area contributed by atoms with E-state index >= 15 is 0 Å². The van der Waals surface area contributed by atoms with Gasteiger partial charge in [0.1, 0.15) is 5.54 Å². The van der Waals surface area contributed by atoms with E-state index in [9.17, 15) is 14.4 Å². The highest BCUT2D eigenvalue weighted by molar-refractivity contribution is 5.96. The second kappa shape index (κ2) is 10.2. The molecule has 1 saturated carbocycles. The fourth-order valence-corrected chi connectivity index (χ4v) is 4.35. The SMILES string of the molecule is CCOC(=O)c1cc(C)n(CC(C)(C(=O)NC2CCCC2)N(C=O)c2cc(C)ccc2C)n1. The Balaban J connectivity index is 2.03. The Hall–Kier alpha value is -3.16. The molecule has 0 spiro atoms. The van der Waals surface area contributed by atoms with Crippen LogP contribution in [0.4, 0.5) is 5.69 Å². The standard InChI is InChI=1S/C25H34N4O4/c1-6-33-23(31)21-14-19(4)29(27-21)15-25(5,24(32)26-20-9-7-8-10-20)28(16-30)22-13-17(2)11-12-18(22)3/h11-14,16,20H,6-10,15H2,1-5H3,(H,26,32). The van der Waals surface area contributed by atoms with E-state index in [2.05, 4.69) is 10.4 Å². The average molecular weight is 455 g/mol. The van der Waals surface area contributed by atoms with Crippen molar-refractivity contribution in [2.24, 2.45) is 0 Å². The second-order valence-corrected chi connectivity index (χ2v) is 9.04. The molecular formula is C25H34N4O4. The third-order valence-electron chi connectivity index (χ3n) is 6.36. The van der Waals surface area contributed by atoms with Crippen LogP contribution in [-0.4, -0.2) is 46.3 Å². The molecule has 1 atom stereocenters. The Bertz CT molecular complexity index is 1030. The summed E-state index contributed by atoms with van der Waals surface area (Å²) in [5, 5.41) is 7.55. The number of carbonyl (C=O) groups is 3. The predicted molar refractivity (Wildman–Crippen MR) is 126 cm³/mol. The number of aromatic nitrogens is 2. The van der Waals surface area contributed by atoms with Crippen LogP contribution in [0.3, 0.4) is 0 Å². The summed E-state index contributed by atoms with van der Waals surface area (Å²) in [6.07, 6.45) is 4.73. The lowest BCUT2D eigenvalue weighted by molar-refractivity contribution is -0.129. The number of anilines is 1. The number of carbonyl (C=O) groups excluding carboxylic acids is 3. The van der Waals surface area contributed by atoms with Gasteiger partial charge in [-0.25, -0.2) is 4.79 Å². The van der Waals surface area contributed by atoms with Crippen LogP contribution >= 0.6 is 0 Å². The van der Waals surface area contributed by atoms with Gasteiger partial charge < -0.3 is 10.1 Å². The van der Waals surface area contributed by atoms with Crippen LogP contribution in [-0.2, 0) is 20.9 Å². The predicted octanol–water partition coefficient (Wildman–Crippen LogP) is 3.47. The van der Waals surface area contributed by atoms with Gasteiger partial charge in [0, 0.05) is 17.4 Å². The number of amides is 2. The molecule has 1 aliphatic carbocycles. The van der Waals surface area contributed by atoms with Gasteiger partial charge in [0.05, 0.1) is 13.2 Å². The fraction of sp³-hybridized carbons (Fsp3) is 0.520. The second-order valence-electron chi connectivity index (χ2n) is 9.04. The zero-order valence-electron chi connectivity index (χ0n) is 20.2. The van der Waals surface area contributed by atoms with E-state index in [1.54, 1.807) is 24.6 Å². The van der Waals surface area contributed by atoms with Crippen LogP contribution < -0.4 is 10.2 Å². The largest absolute Gasteiger partial charge is 0.461 e. The number of nitrogens with zero attached hydrogens (tertiary/aromatic N) is 3. The molecule has 0 bridgehead atoms. The van der Waals surface area contributed by atoms with E-state index in [0.717, 1.165) is 36.8 Å². The third kappa shape index (κ3) is 5.26. The van der Waals surface area contributed by atoms with E-state index in [0.29, 0.717) is 17.8 Å². The molecule has 1 aliphatic rings. The monoisotopic (exact) mass is 454 g/mol. The molecule has 33 heavy (non-hydrogen) atoms. The van der Waals surface area contributed by atoms with Crippen molar-refractivity contribution in [2.45, 2.75) is 78.4 Å². The number of esters is 1. The molecule has 2 amide bonds. The average Bonchev–Trinajstić information content (AvgIpc) is 3.41. The topological polar surface area (TPSA) is 93.5 Å². The van der Waals surface area contributed by atoms with Crippen molar-refractivity contribution >= 4 is 24.0 Å². The van der Waals surface area contributed by atoms with Gasteiger partial charge in [0.15, 0.2) is 5.69 Å². The van der Waals surface area contributed by atoms with Crippen molar-refractivity contribution in [3.05, 3.63) is 46.8 Å². The quantitative estimate of drug-likeness (QED) is 0.463. The molecule has 0 aliphatic heterocycles. The van der Waals surface area contributed by atoms with Crippen molar-refractivity contribution < 1.29 is 19.1 Å². The van der Waals surface area contributed by atoms with Crippen molar-refractivity contribution in [2.75, 3.05) is 11.5 Å². The lowest BCUT2D eigenvalue weighted by Gasteiger charge is -2.39. The van der Waals surface area contributed by atoms with E-state index in [1.165, 1.54) is 4.90 Å². The van der Waals surface area contributed by atoms with E-state index in [-0.39, 0.29) is 30.8 Å². The third-order valence-corrected chi connectivity index (χ3v) is 6.36. The highest BCUT2D eigenvalue weighted by Crippen LogP contribution is 2.30. The number of benzene rings is 1. The van der Waals surface area contributed by atoms with Crippen LogP contribution in [0.5, 0.6) is 0 Å². The molecule has 1 aromatic carbocycles. The molecular weight excluding hydrogens is 420 g/mol. The zero-order valence-corrected chi connectivity index (χ0v) is 20.2. The maximum atomic E-state index is 13.7. The number of hydrogen-bond acceptors (Lipinski definition) is 5. The molecule has 178 valence electrons. The van der Waals surface area contributed by atoms with Gasteiger partial charge in [-0.05, 0) is 70.7 Å². The molecule has 1 unspecified atom stereocenters. The van der Waals surface area contributed by atoms with Gasteiger partial charge in [-0.15, -0.1) is 0 Å². The highest BCUT2D eigenvalue weighted by atomic mass is 16.5. The first-order chi connectivity index (χ1) is 15.7. The van der Waals surface area contributed by atoms with Gasteiger partial charge in [0.2, 0.25) is 12.3 Å². The smallest absolute Gasteiger partial charge is 0.358 e. The summed E-state index contributed by atoms with van der Waals surface area (Å²) in [5.74, 6) is -0.756. The minimum atomic E-state index is -1.27. The zero-order chi connectivity index (χ0) is 24.2. The van der Waals surface area contributed by atoms with Crippen molar-refractivity contribution in [3.63, 3.8) is 0 Å². The summed E-state index contributed by atoms with van der Waals surface area (Å²) in [5.41, 5.74) is 2.15. The first kappa shape index (κ1) is 24.5. The van der Waals surface area contributed by atoms with Gasteiger partial charge in [-0.2, -0.15) is 5.10 Å². The Kier molecular flexibility index (Phi) is 7.56. The summed E-state index contributed by atoms with van der Waals surface area (Å²) in [7, 11) is 0.